The van der Waals surface area contributed by atoms with E-state index in [0.29, 0.717) is 0 Å². The summed E-state index contributed by atoms with van der Waals surface area (Å²) in [5.74, 6) is 0.848. The third-order valence-electron chi connectivity index (χ3n) is 1.68. The molecule has 0 aliphatic carbocycles. The number of aromatic nitrogens is 3. The molecule has 0 bridgehead atoms. The average molecular weight is 207 g/mol. The lowest BCUT2D eigenvalue weighted by Crippen LogP contribution is -1.85. The number of para-hydroxylation sites is 1. The van der Waals surface area contributed by atoms with Crippen LogP contribution in [-0.2, 0) is 0 Å². The summed E-state index contributed by atoms with van der Waals surface area (Å²) in [4.78, 5) is 1.03. The molecule has 0 amide bonds. The Bertz CT molecular complexity index is 402. The van der Waals surface area contributed by atoms with Gasteiger partial charge in [0.15, 0.2) is 0 Å². The van der Waals surface area contributed by atoms with Gasteiger partial charge in [0.05, 0.1) is 18.2 Å². The summed E-state index contributed by atoms with van der Waals surface area (Å²) >= 11 is 1.52. The molecular formula is C9H9N3OS. The monoisotopic (exact) mass is 207 g/mol. The van der Waals surface area contributed by atoms with Crippen molar-refractivity contribution in [2.24, 2.45) is 0 Å². The highest BCUT2D eigenvalue weighted by atomic mass is 32.2. The summed E-state index contributed by atoms with van der Waals surface area (Å²) in [6.07, 6.45) is 1.68. The first-order valence-corrected chi connectivity index (χ1v) is 4.88. The molecular weight excluding hydrogens is 198 g/mol. The van der Waals surface area contributed by atoms with Gasteiger partial charge >= 0.3 is 0 Å². The maximum Gasteiger partial charge on any atom is 0.143 e. The number of nitrogens with zero attached hydrogens (tertiary/aromatic N) is 2. The van der Waals surface area contributed by atoms with Gasteiger partial charge in [-0.25, -0.2) is 0 Å². The van der Waals surface area contributed by atoms with Gasteiger partial charge in [-0.3, -0.25) is 0 Å². The van der Waals surface area contributed by atoms with E-state index in [1.54, 1.807) is 13.3 Å². The van der Waals surface area contributed by atoms with Crippen LogP contribution >= 0.6 is 11.8 Å². The Labute approximate surface area is 85.7 Å². The second kappa shape index (κ2) is 4.15. The summed E-state index contributed by atoms with van der Waals surface area (Å²) in [5.41, 5.74) is 0. The van der Waals surface area contributed by atoms with Crippen LogP contribution in [0.4, 0.5) is 0 Å². The molecule has 0 atom stereocenters. The van der Waals surface area contributed by atoms with Gasteiger partial charge in [0.1, 0.15) is 10.8 Å². The van der Waals surface area contributed by atoms with Crippen LogP contribution in [0.5, 0.6) is 5.75 Å². The van der Waals surface area contributed by atoms with Crippen LogP contribution in [-0.4, -0.2) is 22.5 Å². The van der Waals surface area contributed by atoms with Gasteiger partial charge in [-0.2, -0.15) is 10.3 Å². The van der Waals surface area contributed by atoms with Crippen molar-refractivity contribution in [2.75, 3.05) is 7.11 Å². The topological polar surface area (TPSA) is 50.8 Å². The highest BCUT2D eigenvalue weighted by Crippen LogP contribution is 2.32. The fraction of sp³-hybridized carbons (Fsp3) is 0.111. The van der Waals surface area contributed by atoms with Gasteiger partial charge in [0.2, 0.25) is 0 Å². The van der Waals surface area contributed by atoms with Gasteiger partial charge in [0.25, 0.3) is 0 Å². The summed E-state index contributed by atoms with van der Waals surface area (Å²) < 4.78 is 5.21. The lowest BCUT2D eigenvalue weighted by Gasteiger charge is -2.04. The quantitative estimate of drug-likeness (QED) is 0.836. The average Bonchev–Trinajstić information content (AvgIpc) is 2.71. The molecule has 1 aromatic carbocycles. The zero-order valence-corrected chi connectivity index (χ0v) is 8.41. The number of H-pyrrole nitrogens is 1. The van der Waals surface area contributed by atoms with E-state index in [0.717, 1.165) is 15.7 Å². The minimum atomic E-state index is 0.828. The van der Waals surface area contributed by atoms with Crippen LogP contribution in [0.15, 0.2) is 40.4 Å². The Morgan fingerprint density at radius 2 is 2.21 bits per heavy atom. The molecule has 2 rings (SSSR count). The Morgan fingerprint density at radius 3 is 2.93 bits per heavy atom. The van der Waals surface area contributed by atoms with Crippen molar-refractivity contribution in [3.63, 3.8) is 0 Å². The van der Waals surface area contributed by atoms with Crippen LogP contribution in [0.25, 0.3) is 0 Å². The van der Waals surface area contributed by atoms with Gasteiger partial charge in [0, 0.05) is 0 Å². The molecule has 14 heavy (non-hydrogen) atoms. The predicted octanol–water partition coefficient (Wildman–Crippen LogP) is 1.96. The fourth-order valence-corrected chi connectivity index (χ4v) is 1.87. The predicted molar refractivity (Wildman–Crippen MR) is 53.5 cm³/mol. The molecule has 1 aromatic heterocycles. The first-order chi connectivity index (χ1) is 6.90. The highest BCUT2D eigenvalue weighted by Gasteiger charge is 2.04. The summed E-state index contributed by atoms with van der Waals surface area (Å²) in [6.45, 7) is 0. The van der Waals surface area contributed by atoms with Crippen LogP contribution < -0.4 is 4.74 Å². The van der Waals surface area contributed by atoms with Crippen molar-refractivity contribution in [1.82, 2.24) is 15.4 Å². The number of aromatic amines is 1. The lowest BCUT2D eigenvalue weighted by molar-refractivity contribution is 0.405. The first-order valence-electron chi connectivity index (χ1n) is 4.07. The first kappa shape index (κ1) is 9.08. The third kappa shape index (κ3) is 1.88. The summed E-state index contributed by atoms with van der Waals surface area (Å²) in [7, 11) is 1.65. The van der Waals surface area contributed by atoms with E-state index in [1.807, 2.05) is 24.3 Å². The number of hydrogen-bond acceptors (Lipinski definition) is 4. The van der Waals surface area contributed by atoms with E-state index in [-0.39, 0.29) is 0 Å². The van der Waals surface area contributed by atoms with Gasteiger partial charge in [-0.05, 0) is 12.1 Å². The zero-order chi connectivity index (χ0) is 9.80. The fourth-order valence-electron chi connectivity index (χ4n) is 1.06. The molecule has 2 aromatic rings. The van der Waals surface area contributed by atoms with Crippen molar-refractivity contribution in [3.05, 3.63) is 30.5 Å². The van der Waals surface area contributed by atoms with E-state index in [2.05, 4.69) is 15.4 Å². The standard InChI is InChI=1S/C9H9N3OS/c1-13-7-4-2-3-5-8(7)14-9-6-10-12-11-9/h2-6H,1H3,(H,10,11,12). The van der Waals surface area contributed by atoms with E-state index in [4.69, 9.17) is 4.74 Å². The minimum absolute atomic E-state index is 0.828. The largest absolute Gasteiger partial charge is 0.496 e. The van der Waals surface area contributed by atoms with Gasteiger partial charge in [-0.1, -0.05) is 23.9 Å². The summed E-state index contributed by atoms with van der Waals surface area (Å²) in [5, 5.41) is 11.1. The number of methoxy groups -OCH3 is 1. The van der Waals surface area contributed by atoms with E-state index in [9.17, 15) is 0 Å². The highest BCUT2D eigenvalue weighted by molar-refractivity contribution is 7.99. The molecule has 1 heterocycles. The number of benzene rings is 1. The van der Waals surface area contributed by atoms with Crippen LogP contribution in [0.1, 0.15) is 0 Å². The number of rotatable bonds is 3. The van der Waals surface area contributed by atoms with Crippen molar-refractivity contribution >= 4 is 11.8 Å². The van der Waals surface area contributed by atoms with Crippen molar-refractivity contribution in [3.8, 4) is 5.75 Å². The van der Waals surface area contributed by atoms with Crippen molar-refractivity contribution < 1.29 is 4.74 Å². The molecule has 1 N–H and O–H groups in total. The van der Waals surface area contributed by atoms with Crippen molar-refractivity contribution in [2.45, 2.75) is 9.92 Å². The van der Waals surface area contributed by atoms with Gasteiger partial charge in [-0.15, -0.1) is 5.10 Å². The van der Waals surface area contributed by atoms with E-state index < -0.39 is 0 Å². The molecule has 72 valence electrons. The normalized spacial score (nSPS) is 10.1. The smallest absolute Gasteiger partial charge is 0.143 e. The number of ether oxygens (including phenoxy) is 1. The van der Waals surface area contributed by atoms with Crippen molar-refractivity contribution in [1.29, 1.82) is 0 Å². The molecule has 0 aliphatic heterocycles. The second-order valence-corrected chi connectivity index (χ2v) is 3.62. The van der Waals surface area contributed by atoms with Crippen LogP contribution in [0.3, 0.4) is 0 Å². The number of hydrogen-bond donors (Lipinski definition) is 1. The Hall–Kier alpha value is -1.49. The Kier molecular flexibility index (Phi) is 2.69. The molecule has 0 fully saturated rings. The summed E-state index contributed by atoms with van der Waals surface area (Å²) in [6, 6.07) is 7.80. The van der Waals surface area contributed by atoms with Gasteiger partial charge < -0.3 is 4.74 Å². The van der Waals surface area contributed by atoms with E-state index in [1.165, 1.54) is 11.8 Å². The molecule has 4 nitrogen and oxygen atoms in total. The maximum absolute atomic E-state index is 5.21. The lowest BCUT2D eigenvalue weighted by atomic mass is 10.3. The third-order valence-corrected chi connectivity index (χ3v) is 2.64. The Morgan fingerprint density at radius 1 is 1.36 bits per heavy atom. The molecule has 0 radical (unpaired) electrons. The molecule has 0 saturated heterocycles. The SMILES string of the molecule is COc1ccccc1Sc1cn[nH]n1. The van der Waals surface area contributed by atoms with Crippen LogP contribution in [0, 0.1) is 0 Å². The molecule has 0 saturated carbocycles. The van der Waals surface area contributed by atoms with E-state index >= 15 is 0 Å². The molecule has 0 spiro atoms. The second-order valence-electron chi connectivity index (χ2n) is 2.56. The maximum atomic E-state index is 5.21. The zero-order valence-electron chi connectivity index (χ0n) is 7.60. The minimum Gasteiger partial charge on any atom is -0.496 e. The molecule has 5 heteroatoms. The molecule has 0 unspecified atom stereocenters. The number of nitrogens with one attached hydrogen (secondary N) is 1. The Balaban J connectivity index is 2.24. The van der Waals surface area contributed by atoms with Crippen LogP contribution in [0.2, 0.25) is 0 Å². The molecule has 0 aliphatic rings.